The van der Waals surface area contributed by atoms with Gasteiger partial charge in [0, 0.05) is 17.4 Å². The molecule has 5 N–H and O–H groups in total. The number of carboxylic acid groups (broad SMARTS) is 1. The van der Waals surface area contributed by atoms with Gasteiger partial charge in [-0.05, 0) is 23.8 Å². The molecule has 1 aromatic carbocycles. The molecule has 0 amide bonds. The maximum absolute atomic E-state index is 11.1. The van der Waals surface area contributed by atoms with Crippen molar-refractivity contribution in [1.29, 1.82) is 0 Å². The summed E-state index contributed by atoms with van der Waals surface area (Å²) in [6, 6.07) is 8.29. The number of pyridine rings is 1. The number of hydrogen-bond acceptors (Lipinski definition) is 4. The van der Waals surface area contributed by atoms with Gasteiger partial charge in [0.1, 0.15) is 5.82 Å². The van der Waals surface area contributed by atoms with Crippen LogP contribution >= 0.6 is 0 Å². The van der Waals surface area contributed by atoms with Crippen molar-refractivity contribution in [2.24, 2.45) is 0 Å². The van der Waals surface area contributed by atoms with Crippen molar-refractivity contribution in [3.05, 3.63) is 42.1 Å². The number of carboxylic acids is 1. The van der Waals surface area contributed by atoms with E-state index in [4.69, 9.17) is 16.6 Å². The fraction of sp³-hybridized carbons (Fsp3) is 0. The van der Waals surface area contributed by atoms with Crippen LogP contribution in [0.15, 0.2) is 36.5 Å². The van der Waals surface area contributed by atoms with Crippen LogP contribution in [0.2, 0.25) is 0 Å². The first-order chi connectivity index (χ1) is 8.08. The zero-order chi connectivity index (χ0) is 12.4. The number of aromatic nitrogens is 1. The van der Waals surface area contributed by atoms with Crippen LogP contribution in [0.4, 0.5) is 11.5 Å². The SMILES string of the molecule is Nc1cccc(-c2cnc(N)cc2C(=O)O)c1. The van der Waals surface area contributed by atoms with Crippen molar-refractivity contribution in [2.75, 3.05) is 11.5 Å². The second-order valence-electron chi connectivity index (χ2n) is 3.59. The quantitative estimate of drug-likeness (QED) is 0.679. The van der Waals surface area contributed by atoms with E-state index in [0.717, 1.165) is 0 Å². The van der Waals surface area contributed by atoms with E-state index in [9.17, 15) is 4.79 Å². The number of aromatic carboxylic acids is 1. The lowest BCUT2D eigenvalue weighted by Crippen LogP contribution is -2.03. The highest BCUT2D eigenvalue weighted by Crippen LogP contribution is 2.25. The van der Waals surface area contributed by atoms with E-state index in [1.54, 1.807) is 24.3 Å². The van der Waals surface area contributed by atoms with E-state index in [1.807, 2.05) is 0 Å². The largest absolute Gasteiger partial charge is 0.478 e. The highest BCUT2D eigenvalue weighted by molar-refractivity contribution is 5.96. The number of nitrogens with zero attached hydrogens (tertiary/aromatic N) is 1. The summed E-state index contributed by atoms with van der Waals surface area (Å²) >= 11 is 0. The highest BCUT2D eigenvalue weighted by atomic mass is 16.4. The topological polar surface area (TPSA) is 102 Å². The predicted molar refractivity (Wildman–Crippen MR) is 65.5 cm³/mol. The number of carbonyl (C=O) groups is 1. The van der Waals surface area contributed by atoms with Crippen molar-refractivity contribution in [3.8, 4) is 11.1 Å². The van der Waals surface area contributed by atoms with Crippen LogP contribution in [0.3, 0.4) is 0 Å². The van der Waals surface area contributed by atoms with Crippen LogP contribution in [-0.2, 0) is 0 Å². The van der Waals surface area contributed by atoms with Gasteiger partial charge in [0.15, 0.2) is 0 Å². The zero-order valence-corrected chi connectivity index (χ0v) is 8.92. The summed E-state index contributed by atoms with van der Waals surface area (Å²) in [4.78, 5) is 15.0. The molecule has 0 aliphatic heterocycles. The number of rotatable bonds is 2. The lowest BCUT2D eigenvalue weighted by molar-refractivity contribution is 0.0697. The van der Waals surface area contributed by atoms with Crippen molar-refractivity contribution >= 4 is 17.5 Å². The lowest BCUT2D eigenvalue weighted by Gasteiger charge is -2.07. The molecule has 0 unspecified atom stereocenters. The minimum atomic E-state index is -1.04. The van der Waals surface area contributed by atoms with Gasteiger partial charge in [0.05, 0.1) is 5.56 Å². The summed E-state index contributed by atoms with van der Waals surface area (Å²) in [7, 11) is 0. The number of anilines is 2. The third kappa shape index (κ3) is 2.17. The van der Waals surface area contributed by atoms with Crippen molar-refractivity contribution < 1.29 is 9.90 Å². The maximum Gasteiger partial charge on any atom is 0.336 e. The average Bonchev–Trinajstić information content (AvgIpc) is 2.28. The zero-order valence-electron chi connectivity index (χ0n) is 8.92. The highest BCUT2D eigenvalue weighted by Gasteiger charge is 2.12. The lowest BCUT2D eigenvalue weighted by atomic mass is 10.0. The molecule has 0 aliphatic carbocycles. The van der Waals surface area contributed by atoms with Crippen LogP contribution in [0, 0.1) is 0 Å². The molecular formula is C12H11N3O2. The Kier molecular flexibility index (Phi) is 2.66. The van der Waals surface area contributed by atoms with Gasteiger partial charge in [0.2, 0.25) is 0 Å². The molecule has 0 fully saturated rings. The van der Waals surface area contributed by atoms with E-state index >= 15 is 0 Å². The summed E-state index contributed by atoms with van der Waals surface area (Å²) in [6.45, 7) is 0. The molecule has 86 valence electrons. The minimum Gasteiger partial charge on any atom is -0.478 e. The van der Waals surface area contributed by atoms with E-state index in [1.165, 1.54) is 12.3 Å². The van der Waals surface area contributed by atoms with E-state index < -0.39 is 5.97 Å². The summed E-state index contributed by atoms with van der Waals surface area (Å²) in [5, 5.41) is 9.11. The number of nitrogen functional groups attached to an aromatic ring is 2. The van der Waals surface area contributed by atoms with Crippen LogP contribution in [0.1, 0.15) is 10.4 Å². The standard InChI is InChI=1S/C12H11N3O2/c13-8-3-1-2-7(4-8)10-6-15-11(14)5-9(10)12(16)17/h1-6H,13H2,(H2,14,15)(H,16,17). The monoisotopic (exact) mass is 229 g/mol. The fourth-order valence-corrected chi connectivity index (χ4v) is 1.58. The number of hydrogen-bond donors (Lipinski definition) is 3. The first-order valence-electron chi connectivity index (χ1n) is 4.92. The normalized spacial score (nSPS) is 10.1. The Balaban J connectivity index is 2.63. The van der Waals surface area contributed by atoms with Crippen molar-refractivity contribution in [3.63, 3.8) is 0 Å². The Labute approximate surface area is 97.7 Å². The fourth-order valence-electron chi connectivity index (χ4n) is 1.58. The van der Waals surface area contributed by atoms with Gasteiger partial charge < -0.3 is 16.6 Å². The van der Waals surface area contributed by atoms with Crippen LogP contribution < -0.4 is 11.5 Å². The summed E-state index contributed by atoms with van der Waals surface area (Å²) in [6.07, 6.45) is 1.44. The predicted octanol–water partition coefficient (Wildman–Crippen LogP) is 1.61. The van der Waals surface area contributed by atoms with Gasteiger partial charge in [-0.1, -0.05) is 12.1 Å². The molecule has 0 saturated carbocycles. The Bertz CT molecular complexity index is 582. The van der Waals surface area contributed by atoms with E-state index in [2.05, 4.69) is 4.98 Å². The first kappa shape index (κ1) is 10.9. The Hall–Kier alpha value is -2.56. The molecule has 5 heteroatoms. The summed E-state index contributed by atoms with van der Waals surface area (Å²) in [5.74, 6) is -0.869. The second kappa shape index (κ2) is 4.13. The molecule has 0 atom stereocenters. The second-order valence-corrected chi connectivity index (χ2v) is 3.59. The van der Waals surface area contributed by atoms with Crippen LogP contribution in [0.5, 0.6) is 0 Å². The molecule has 0 saturated heterocycles. The third-order valence-corrected chi connectivity index (χ3v) is 2.35. The Morgan fingerprint density at radius 3 is 2.65 bits per heavy atom. The van der Waals surface area contributed by atoms with Gasteiger partial charge in [-0.15, -0.1) is 0 Å². The molecule has 17 heavy (non-hydrogen) atoms. The molecule has 0 radical (unpaired) electrons. The van der Waals surface area contributed by atoms with Gasteiger partial charge in [-0.25, -0.2) is 9.78 Å². The Morgan fingerprint density at radius 1 is 1.24 bits per heavy atom. The average molecular weight is 229 g/mol. The van der Waals surface area contributed by atoms with Gasteiger partial charge in [-0.3, -0.25) is 0 Å². The maximum atomic E-state index is 11.1. The van der Waals surface area contributed by atoms with Gasteiger partial charge >= 0.3 is 5.97 Å². The summed E-state index contributed by atoms with van der Waals surface area (Å²) in [5.41, 5.74) is 13.0. The van der Waals surface area contributed by atoms with Crippen LogP contribution in [0.25, 0.3) is 11.1 Å². The van der Waals surface area contributed by atoms with Crippen molar-refractivity contribution in [2.45, 2.75) is 0 Å². The molecule has 0 bridgehead atoms. The summed E-state index contributed by atoms with van der Waals surface area (Å²) < 4.78 is 0. The molecule has 1 heterocycles. The third-order valence-electron chi connectivity index (χ3n) is 2.35. The molecular weight excluding hydrogens is 218 g/mol. The number of benzene rings is 1. The molecule has 0 aliphatic rings. The molecule has 2 rings (SSSR count). The first-order valence-corrected chi connectivity index (χ1v) is 4.92. The van der Waals surface area contributed by atoms with Gasteiger partial charge in [-0.2, -0.15) is 0 Å². The Morgan fingerprint density at radius 2 is 2.00 bits per heavy atom. The molecule has 2 aromatic rings. The number of nitrogens with two attached hydrogens (primary N) is 2. The van der Waals surface area contributed by atoms with E-state index in [-0.39, 0.29) is 11.4 Å². The minimum absolute atomic E-state index is 0.114. The van der Waals surface area contributed by atoms with Crippen molar-refractivity contribution in [1.82, 2.24) is 4.98 Å². The molecule has 5 nitrogen and oxygen atoms in total. The smallest absolute Gasteiger partial charge is 0.336 e. The molecule has 0 spiro atoms. The molecule has 1 aromatic heterocycles. The van der Waals surface area contributed by atoms with Gasteiger partial charge in [0.25, 0.3) is 0 Å². The van der Waals surface area contributed by atoms with E-state index in [0.29, 0.717) is 16.8 Å². The van der Waals surface area contributed by atoms with Crippen LogP contribution in [-0.4, -0.2) is 16.1 Å².